The van der Waals surface area contributed by atoms with Gasteiger partial charge in [0.1, 0.15) is 0 Å². The molecule has 2 aromatic carbocycles. The highest BCUT2D eigenvalue weighted by molar-refractivity contribution is 6.18. The molecule has 7 heteroatoms. The number of hydrogen-bond acceptors (Lipinski definition) is 5. The van der Waals surface area contributed by atoms with Crippen LogP contribution in [0.5, 0.6) is 0 Å². The summed E-state index contributed by atoms with van der Waals surface area (Å²) in [6.07, 6.45) is 0. The first-order valence-corrected chi connectivity index (χ1v) is 8.37. The highest BCUT2D eigenvalue weighted by atomic mass is 16.2. The molecule has 136 valence electrons. The van der Waals surface area contributed by atoms with Crippen LogP contribution in [-0.2, 0) is 9.59 Å². The Balaban J connectivity index is 1.75. The first kappa shape index (κ1) is 18.2. The minimum atomic E-state index is -0.765. The zero-order valence-corrected chi connectivity index (χ0v) is 15.1. The van der Waals surface area contributed by atoms with Crippen LogP contribution in [0.3, 0.4) is 0 Å². The SMILES string of the molecule is C=C(C)C(=O)Nc1cccc(N=NC2C(=O)N(c3ccccc3)N=C2C)c1. The molecule has 27 heavy (non-hydrogen) atoms. The van der Waals surface area contributed by atoms with Crippen molar-refractivity contribution in [3.05, 3.63) is 66.7 Å². The minimum Gasteiger partial charge on any atom is -0.322 e. The molecule has 0 aliphatic carbocycles. The van der Waals surface area contributed by atoms with Crippen LogP contribution in [0.4, 0.5) is 17.1 Å². The van der Waals surface area contributed by atoms with Gasteiger partial charge in [0.2, 0.25) is 0 Å². The Bertz CT molecular complexity index is 950. The van der Waals surface area contributed by atoms with Crippen LogP contribution < -0.4 is 10.3 Å². The van der Waals surface area contributed by atoms with Crippen molar-refractivity contribution in [1.29, 1.82) is 0 Å². The van der Waals surface area contributed by atoms with Gasteiger partial charge in [0.05, 0.1) is 17.1 Å². The molecule has 0 aromatic heterocycles. The van der Waals surface area contributed by atoms with Crippen molar-refractivity contribution in [2.24, 2.45) is 15.3 Å². The zero-order valence-electron chi connectivity index (χ0n) is 15.1. The van der Waals surface area contributed by atoms with Crippen LogP contribution in [0.2, 0.25) is 0 Å². The maximum Gasteiger partial charge on any atom is 0.280 e. The quantitative estimate of drug-likeness (QED) is 0.643. The van der Waals surface area contributed by atoms with E-state index in [1.54, 1.807) is 38.1 Å². The second-order valence-corrected chi connectivity index (χ2v) is 6.13. The number of carbonyl (C=O) groups excluding carboxylic acids is 2. The van der Waals surface area contributed by atoms with Gasteiger partial charge in [-0.1, -0.05) is 30.8 Å². The summed E-state index contributed by atoms with van der Waals surface area (Å²) >= 11 is 0. The van der Waals surface area contributed by atoms with Crippen LogP contribution in [0.25, 0.3) is 0 Å². The average molecular weight is 361 g/mol. The molecule has 2 amide bonds. The van der Waals surface area contributed by atoms with Gasteiger partial charge in [-0.15, -0.1) is 0 Å². The van der Waals surface area contributed by atoms with Gasteiger partial charge in [0, 0.05) is 11.3 Å². The molecule has 0 saturated heterocycles. The summed E-state index contributed by atoms with van der Waals surface area (Å²) in [5, 5.41) is 16.7. The lowest BCUT2D eigenvalue weighted by molar-refractivity contribution is -0.118. The number of hydrazone groups is 1. The molecule has 2 aromatic rings. The smallest absolute Gasteiger partial charge is 0.280 e. The lowest BCUT2D eigenvalue weighted by atomic mass is 10.2. The molecule has 1 atom stereocenters. The number of rotatable bonds is 5. The molecule has 0 spiro atoms. The summed E-state index contributed by atoms with van der Waals surface area (Å²) in [7, 11) is 0. The van der Waals surface area contributed by atoms with Crippen molar-refractivity contribution in [2.75, 3.05) is 10.3 Å². The largest absolute Gasteiger partial charge is 0.322 e. The Kier molecular flexibility index (Phi) is 5.21. The standard InChI is InChI=1S/C20H19N5O2/c1-13(2)19(26)21-15-8-7-9-16(12-15)22-23-18-14(3)24-25(20(18)27)17-10-5-4-6-11-17/h4-12,18H,1H2,2-3H3,(H,21,26). The molecule has 0 bridgehead atoms. The number of carbonyl (C=O) groups is 2. The van der Waals surface area contributed by atoms with Crippen molar-refractivity contribution >= 4 is 34.6 Å². The van der Waals surface area contributed by atoms with Gasteiger partial charge < -0.3 is 5.32 Å². The van der Waals surface area contributed by atoms with E-state index < -0.39 is 6.04 Å². The lowest BCUT2D eigenvalue weighted by Gasteiger charge is -2.11. The Morgan fingerprint density at radius 3 is 2.63 bits per heavy atom. The molecular formula is C20H19N5O2. The van der Waals surface area contributed by atoms with E-state index in [0.29, 0.717) is 28.3 Å². The summed E-state index contributed by atoms with van der Waals surface area (Å²) in [6.45, 7) is 6.98. The molecule has 0 saturated carbocycles. The first-order chi connectivity index (χ1) is 13.0. The van der Waals surface area contributed by atoms with Gasteiger partial charge >= 0.3 is 0 Å². The van der Waals surface area contributed by atoms with Gasteiger partial charge in [-0.2, -0.15) is 20.3 Å². The topological polar surface area (TPSA) is 86.5 Å². The highest BCUT2D eigenvalue weighted by Crippen LogP contribution is 2.24. The maximum absolute atomic E-state index is 12.6. The fourth-order valence-electron chi connectivity index (χ4n) is 2.45. The summed E-state index contributed by atoms with van der Waals surface area (Å²) in [5.74, 6) is -0.522. The number of amides is 2. The number of para-hydroxylation sites is 1. The molecular weight excluding hydrogens is 342 g/mol. The van der Waals surface area contributed by atoms with Gasteiger partial charge in [-0.3, -0.25) is 9.59 Å². The van der Waals surface area contributed by atoms with E-state index >= 15 is 0 Å². The van der Waals surface area contributed by atoms with Crippen LogP contribution in [-0.4, -0.2) is 23.6 Å². The van der Waals surface area contributed by atoms with Gasteiger partial charge in [0.25, 0.3) is 11.8 Å². The van der Waals surface area contributed by atoms with E-state index in [0.717, 1.165) is 0 Å². The fraction of sp³-hybridized carbons (Fsp3) is 0.150. The summed E-state index contributed by atoms with van der Waals surface area (Å²) in [6, 6.07) is 15.3. The maximum atomic E-state index is 12.6. The molecule has 3 rings (SSSR count). The number of nitrogens with one attached hydrogen (secondary N) is 1. The van der Waals surface area contributed by atoms with Crippen molar-refractivity contribution in [3.8, 4) is 0 Å². The van der Waals surface area contributed by atoms with Gasteiger partial charge in [-0.05, 0) is 44.2 Å². The van der Waals surface area contributed by atoms with E-state index in [9.17, 15) is 9.59 Å². The third kappa shape index (κ3) is 4.14. The van der Waals surface area contributed by atoms with Crippen LogP contribution in [0.1, 0.15) is 13.8 Å². The Hall–Kier alpha value is -3.61. The van der Waals surface area contributed by atoms with Crippen molar-refractivity contribution in [1.82, 2.24) is 0 Å². The van der Waals surface area contributed by atoms with Crippen molar-refractivity contribution < 1.29 is 9.59 Å². The predicted molar refractivity (Wildman–Crippen MR) is 105 cm³/mol. The van der Waals surface area contributed by atoms with E-state index in [1.807, 2.05) is 30.3 Å². The molecule has 1 aliphatic heterocycles. The number of nitrogens with zero attached hydrogens (tertiary/aromatic N) is 4. The number of anilines is 2. The number of hydrogen-bond donors (Lipinski definition) is 1. The Morgan fingerprint density at radius 1 is 1.19 bits per heavy atom. The normalized spacial score (nSPS) is 16.5. The average Bonchev–Trinajstić information content (AvgIpc) is 2.95. The van der Waals surface area contributed by atoms with Crippen LogP contribution in [0.15, 0.2) is 82.1 Å². The Morgan fingerprint density at radius 2 is 1.93 bits per heavy atom. The highest BCUT2D eigenvalue weighted by Gasteiger charge is 2.34. The van der Waals surface area contributed by atoms with E-state index in [-0.39, 0.29) is 11.8 Å². The molecule has 1 heterocycles. The first-order valence-electron chi connectivity index (χ1n) is 8.37. The monoisotopic (exact) mass is 361 g/mol. The van der Waals surface area contributed by atoms with Crippen molar-refractivity contribution in [2.45, 2.75) is 19.9 Å². The number of azo groups is 1. The van der Waals surface area contributed by atoms with Crippen LogP contribution >= 0.6 is 0 Å². The van der Waals surface area contributed by atoms with Crippen LogP contribution in [0, 0.1) is 0 Å². The van der Waals surface area contributed by atoms with Crippen molar-refractivity contribution in [3.63, 3.8) is 0 Å². The van der Waals surface area contributed by atoms with E-state index in [1.165, 1.54) is 5.01 Å². The summed E-state index contributed by atoms with van der Waals surface area (Å²) in [4.78, 5) is 24.3. The second-order valence-electron chi connectivity index (χ2n) is 6.13. The molecule has 0 radical (unpaired) electrons. The summed E-state index contributed by atoms with van der Waals surface area (Å²) < 4.78 is 0. The zero-order chi connectivity index (χ0) is 19.4. The van der Waals surface area contributed by atoms with Gasteiger partial charge in [-0.25, -0.2) is 0 Å². The van der Waals surface area contributed by atoms with E-state index in [4.69, 9.17) is 0 Å². The fourth-order valence-corrected chi connectivity index (χ4v) is 2.45. The molecule has 1 aliphatic rings. The third-order valence-electron chi connectivity index (χ3n) is 3.88. The number of benzene rings is 2. The molecule has 1 unspecified atom stereocenters. The minimum absolute atomic E-state index is 0.255. The predicted octanol–water partition coefficient (Wildman–Crippen LogP) is 4.08. The lowest BCUT2D eigenvalue weighted by Crippen LogP contribution is -2.29. The van der Waals surface area contributed by atoms with Gasteiger partial charge in [0.15, 0.2) is 6.04 Å². The summed E-state index contributed by atoms with van der Waals surface area (Å²) in [5.41, 5.74) is 2.76. The Labute approximate surface area is 157 Å². The molecule has 7 nitrogen and oxygen atoms in total. The van der Waals surface area contributed by atoms with E-state index in [2.05, 4.69) is 27.2 Å². The molecule has 0 fully saturated rings. The third-order valence-corrected chi connectivity index (χ3v) is 3.88. The second kappa shape index (κ2) is 7.74. The molecule has 1 N–H and O–H groups in total.